The van der Waals surface area contributed by atoms with Crippen molar-refractivity contribution in [3.8, 4) is 0 Å². The summed E-state index contributed by atoms with van der Waals surface area (Å²) in [5.74, 6) is 0.103. The highest BCUT2D eigenvalue weighted by atomic mass is 32.2. The number of benzene rings is 2. The lowest BCUT2D eigenvalue weighted by Crippen LogP contribution is -2.25. The average molecular weight is 501 g/mol. The van der Waals surface area contributed by atoms with E-state index in [-0.39, 0.29) is 23.1 Å². The third-order valence-electron chi connectivity index (χ3n) is 5.89. The molecule has 0 aliphatic carbocycles. The zero-order valence-electron chi connectivity index (χ0n) is 19.4. The van der Waals surface area contributed by atoms with Gasteiger partial charge in [-0.1, -0.05) is 67.2 Å². The molecule has 0 spiro atoms. The zero-order chi connectivity index (χ0) is 24.4. The first kappa shape index (κ1) is 23.3. The van der Waals surface area contributed by atoms with Crippen molar-refractivity contribution in [2.75, 3.05) is 11.1 Å². The molecule has 0 unspecified atom stereocenters. The molecule has 1 atom stereocenters. The van der Waals surface area contributed by atoms with Gasteiger partial charge in [0.2, 0.25) is 5.91 Å². The number of hydrogen-bond donors (Lipinski definition) is 1. The number of thiophene rings is 1. The number of thioether (sulfide) groups is 1. The molecule has 0 saturated carbocycles. The van der Waals surface area contributed by atoms with Crippen LogP contribution in [0.4, 0.5) is 5.69 Å². The van der Waals surface area contributed by atoms with Gasteiger partial charge >= 0.3 is 0 Å². The van der Waals surface area contributed by atoms with Crippen molar-refractivity contribution in [3.63, 3.8) is 0 Å². The molecule has 0 aliphatic heterocycles. The van der Waals surface area contributed by atoms with Crippen LogP contribution in [0.1, 0.15) is 24.0 Å². The third-order valence-corrected chi connectivity index (χ3v) is 7.96. The summed E-state index contributed by atoms with van der Waals surface area (Å²) in [7, 11) is 0. The Morgan fingerprint density at radius 3 is 2.66 bits per heavy atom. The Balaban J connectivity index is 1.50. The normalized spacial score (nSPS) is 12.2. The van der Waals surface area contributed by atoms with Gasteiger partial charge in [0, 0.05) is 23.8 Å². The average Bonchev–Trinajstić information content (AvgIpc) is 3.25. The zero-order valence-corrected chi connectivity index (χ0v) is 21.0. The van der Waals surface area contributed by atoms with Gasteiger partial charge in [-0.2, -0.15) is 0 Å². The van der Waals surface area contributed by atoms with Gasteiger partial charge in [0.15, 0.2) is 5.16 Å². The van der Waals surface area contributed by atoms with E-state index < -0.39 is 0 Å². The molecule has 1 amide bonds. The van der Waals surface area contributed by atoms with Crippen LogP contribution in [-0.2, 0) is 11.3 Å². The molecule has 8 heteroatoms. The van der Waals surface area contributed by atoms with E-state index in [1.165, 1.54) is 23.1 Å². The first-order valence-electron chi connectivity index (χ1n) is 11.3. The van der Waals surface area contributed by atoms with Crippen molar-refractivity contribution in [3.05, 3.63) is 94.4 Å². The fraction of sp³-hybridized carbons (Fsp3) is 0.185. The molecule has 0 fully saturated rings. The lowest BCUT2D eigenvalue weighted by atomic mass is 10.0. The van der Waals surface area contributed by atoms with Crippen LogP contribution in [0.3, 0.4) is 0 Å². The Bertz CT molecular complexity index is 1580. The number of pyridine rings is 1. The summed E-state index contributed by atoms with van der Waals surface area (Å²) in [5, 5.41) is 4.36. The molecule has 1 N–H and O–H groups in total. The fourth-order valence-electron chi connectivity index (χ4n) is 4.00. The van der Waals surface area contributed by atoms with Crippen LogP contribution in [0, 0.1) is 6.92 Å². The highest BCUT2D eigenvalue weighted by Crippen LogP contribution is 2.31. The van der Waals surface area contributed by atoms with Gasteiger partial charge in [-0.15, -0.1) is 11.3 Å². The minimum atomic E-state index is -0.141. The number of anilines is 1. The van der Waals surface area contributed by atoms with Gasteiger partial charge in [-0.05, 0) is 42.2 Å². The number of carbonyl (C=O) groups excluding carboxylic acids is 1. The summed E-state index contributed by atoms with van der Waals surface area (Å²) in [6.07, 6.45) is 1.72. The van der Waals surface area contributed by atoms with Crippen molar-refractivity contribution in [2.24, 2.45) is 0 Å². The van der Waals surface area contributed by atoms with Gasteiger partial charge < -0.3 is 5.32 Å². The van der Waals surface area contributed by atoms with Gasteiger partial charge in [0.05, 0.1) is 11.3 Å². The lowest BCUT2D eigenvalue weighted by molar-refractivity contribution is -0.113. The van der Waals surface area contributed by atoms with Crippen LogP contribution in [0.15, 0.2) is 82.9 Å². The Morgan fingerprint density at radius 1 is 1.09 bits per heavy atom. The Hall–Kier alpha value is -3.49. The summed E-state index contributed by atoms with van der Waals surface area (Å²) in [6, 6.07) is 21.6. The number of para-hydroxylation sites is 1. The maximum atomic E-state index is 13.7. The third kappa shape index (κ3) is 4.85. The molecular weight excluding hydrogens is 476 g/mol. The maximum absolute atomic E-state index is 13.7. The second-order valence-electron chi connectivity index (χ2n) is 8.41. The SMILES string of the molecule is Cc1ccccc1NC(=O)CSc1nc2c(sc3ncccc32)c(=O)n1C[C@@H](C)c1ccccc1. The molecule has 3 aromatic heterocycles. The van der Waals surface area contributed by atoms with Crippen molar-refractivity contribution in [2.45, 2.75) is 31.5 Å². The van der Waals surface area contributed by atoms with Crippen LogP contribution in [-0.4, -0.2) is 26.2 Å². The molecule has 176 valence electrons. The molecule has 0 saturated heterocycles. The topological polar surface area (TPSA) is 76.9 Å². The summed E-state index contributed by atoms with van der Waals surface area (Å²) in [6.45, 7) is 4.52. The summed E-state index contributed by atoms with van der Waals surface area (Å²) in [4.78, 5) is 36.5. The van der Waals surface area contributed by atoms with Crippen molar-refractivity contribution in [1.82, 2.24) is 14.5 Å². The van der Waals surface area contributed by atoms with E-state index in [0.717, 1.165) is 27.0 Å². The Labute approximate surface area is 211 Å². The molecular formula is C27H24N4O2S2. The highest BCUT2D eigenvalue weighted by Gasteiger charge is 2.20. The minimum absolute atomic E-state index is 0.0948. The van der Waals surface area contributed by atoms with E-state index in [1.807, 2.05) is 61.5 Å². The number of nitrogens with zero attached hydrogens (tertiary/aromatic N) is 3. The lowest BCUT2D eigenvalue weighted by Gasteiger charge is -2.17. The van der Waals surface area contributed by atoms with Crippen molar-refractivity contribution in [1.29, 1.82) is 0 Å². The molecule has 0 bridgehead atoms. The van der Waals surface area contributed by atoms with E-state index in [0.29, 0.717) is 21.9 Å². The molecule has 6 nitrogen and oxygen atoms in total. The first-order valence-corrected chi connectivity index (χ1v) is 13.1. The van der Waals surface area contributed by atoms with Crippen LogP contribution in [0.2, 0.25) is 0 Å². The van der Waals surface area contributed by atoms with Crippen LogP contribution >= 0.6 is 23.1 Å². The van der Waals surface area contributed by atoms with Crippen LogP contribution in [0.5, 0.6) is 0 Å². The van der Waals surface area contributed by atoms with E-state index in [2.05, 4.69) is 29.4 Å². The van der Waals surface area contributed by atoms with Gasteiger partial charge in [-0.3, -0.25) is 14.2 Å². The second-order valence-corrected chi connectivity index (χ2v) is 10.4. The van der Waals surface area contributed by atoms with Gasteiger partial charge in [0.1, 0.15) is 9.53 Å². The van der Waals surface area contributed by atoms with E-state index in [9.17, 15) is 9.59 Å². The minimum Gasteiger partial charge on any atom is -0.325 e. The largest absolute Gasteiger partial charge is 0.325 e. The molecule has 0 radical (unpaired) electrons. The van der Waals surface area contributed by atoms with Crippen LogP contribution in [0.25, 0.3) is 20.4 Å². The van der Waals surface area contributed by atoms with E-state index in [4.69, 9.17) is 4.98 Å². The number of hydrogen-bond acceptors (Lipinski definition) is 6. The van der Waals surface area contributed by atoms with Crippen LogP contribution < -0.4 is 10.9 Å². The number of rotatable bonds is 7. The smallest absolute Gasteiger partial charge is 0.272 e. The quantitative estimate of drug-likeness (QED) is 0.224. The van der Waals surface area contributed by atoms with E-state index >= 15 is 0 Å². The highest BCUT2D eigenvalue weighted by molar-refractivity contribution is 7.99. The molecule has 5 aromatic rings. The molecule has 3 heterocycles. The van der Waals surface area contributed by atoms with E-state index in [1.54, 1.807) is 10.8 Å². The first-order chi connectivity index (χ1) is 17.0. The maximum Gasteiger partial charge on any atom is 0.272 e. The number of amides is 1. The number of fused-ring (bicyclic) bond motifs is 3. The monoisotopic (exact) mass is 500 g/mol. The fourth-order valence-corrected chi connectivity index (χ4v) is 5.84. The van der Waals surface area contributed by atoms with Crippen molar-refractivity contribution >= 4 is 55.1 Å². The molecule has 2 aromatic carbocycles. The summed E-state index contributed by atoms with van der Waals surface area (Å²) < 4.78 is 2.30. The Morgan fingerprint density at radius 2 is 1.86 bits per heavy atom. The molecule has 35 heavy (non-hydrogen) atoms. The predicted molar refractivity (Wildman–Crippen MR) is 145 cm³/mol. The second kappa shape index (κ2) is 10.0. The predicted octanol–water partition coefficient (Wildman–Crippen LogP) is 5.85. The number of aromatic nitrogens is 3. The molecule has 0 aliphatic rings. The van der Waals surface area contributed by atoms with Crippen molar-refractivity contribution < 1.29 is 4.79 Å². The Kier molecular flexibility index (Phi) is 6.66. The summed E-state index contributed by atoms with van der Waals surface area (Å²) >= 11 is 2.65. The van der Waals surface area contributed by atoms with Gasteiger partial charge in [-0.25, -0.2) is 9.97 Å². The number of nitrogens with one attached hydrogen (secondary N) is 1. The standard InChI is InChI=1S/C27H24N4O2S2/c1-17-9-6-7-13-21(17)29-22(32)16-34-27-30-23-20-12-8-14-28-25(20)35-24(23)26(33)31(27)15-18(2)19-10-4-3-5-11-19/h3-14,18H,15-16H2,1-2H3,(H,29,32)/t18-/m1/s1. The van der Waals surface area contributed by atoms with Gasteiger partial charge in [0.25, 0.3) is 5.56 Å². The number of carbonyl (C=O) groups is 1. The molecule has 5 rings (SSSR count). The number of aryl methyl sites for hydroxylation is 1. The summed E-state index contributed by atoms with van der Waals surface area (Å²) in [5.41, 5.74) is 3.48.